The highest BCUT2D eigenvalue weighted by molar-refractivity contribution is 5.94. The van der Waals surface area contributed by atoms with E-state index in [-0.39, 0.29) is 11.9 Å². The third kappa shape index (κ3) is 3.77. The van der Waals surface area contributed by atoms with Crippen molar-refractivity contribution in [1.82, 2.24) is 15.6 Å². The summed E-state index contributed by atoms with van der Waals surface area (Å²) in [5.41, 5.74) is 0.653. The molecule has 1 aromatic heterocycles. The molecule has 3 rings (SSSR count). The number of hydrogen-bond acceptors (Lipinski definition) is 4. The summed E-state index contributed by atoms with van der Waals surface area (Å²) >= 11 is 0. The molecule has 0 unspecified atom stereocenters. The molecule has 0 spiro atoms. The molecule has 1 atom stereocenters. The topological polar surface area (TPSA) is 57.3 Å². The van der Waals surface area contributed by atoms with E-state index in [1.54, 1.807) is 6.20 Å². The molecule has 0 aliphatic carbocycles. The lowest BCUT2D eigenvalue weighted by Gasteiger charge is -2.31. The predicted octanol–water partition coefficient (Wildman–Crippen LogP) is 1.80. The number of piperidine rings is 2. The molecular formula is C17H26N4O. The Labute approximate surface area is 132 Å². The van der Waals surface area contributed by atoms with Crippen LogP contribution in [0.5, 0.6) is 0 Å². The second kappa shape index (κ2) is 7.09. The standard InChI is InChI=1S/C17H26N4O/c1-13-6-9-21(10-7-13)16-5-4-14(11-19-16)17(22)20-15-3-2-8-18-12-15/h4-5,11,13,15,18H,2-3,6-10,12H2,1H3,(H,20,22)/t15-/m0/s1. The lowest BCUT2D eigenvalue weighted by atomic mass is 9.99. The highest BCUT2D eigenvalue weighted by Crippen LogP contribution is 2.21. The average Bonchev–Trinajstić information content (AvgIpc) is 2.57. The minimum absolute atomic E-state index is 0.0139. The van der Waals surface area contributed by atoms with Gasteiger partial charge < -0.3 is 15.5 Å². The molecule has 2 aliphatic heterocycles. The maximum absolute atomic E-state index is 12.3. The highest BCUT2D eigenvalue weighted by atomic mass is 16.1. The number of carbonyl (C=O) groups excluding carboxylic acids is 1. The number of pyridine rings is 1. The number of carbonyl (C=O) groups is 1. The van der Waals surface area contributed by atoms with E-state index in [4.69, 9.17) is 0 Å². The summed E-state index contributed by atoms with van der Waals surface area (Å²) in [6.45, 7) is 6.35. The normalized spacial score (nSPS) is 23.3. The van der Waals surface area contributed by atoms with E-state index >= 15 is 0 Å². The van der Waals surface area contributed by atoms with Crippen LogP contribution in [0.3, 0.4) is 0 Å². The van der Waals surface area contributed by atoms with Crippen LogP contribution in [0.25, 0.3) is 0 Å². The first-order chi connectivity index (χ1) is 10.7. The van der Waals surface area contributed by atoms with Gasteiger partial charge in [-0.3, -0.25) is 4.79 Å². The first-order valence-corrected chi connectivity index (χ1v) is 8.45. The van der Waals surface area contributed by atoms with Gasteiger partial charge >= 0.3 is 0 Å². The van der Waals surface area contributed by atoms with Crippen molar-refractivity contribution in [2.45, 2.75) is 38.6 Å². The lowest BCUT2D eigenvalue weighted by Crippen LogP contribution is -2.45. The van der Waals surface area contributed by atoms with Crippen molar-refractivity contribution in [2.75, 3.05) is 31.1 Å². The van der Waals surface area contributed by atoms with Crippen LogP contribution in [0.15, 0.2) is 18.3 Å². The number of rotatable bonds is 3. The molecule has 0 aromatic carbocycles. The van der Waals surface area contributed by atoms with Crippen LogP contribution in [-0.2, 0) is 0 Å². The fraction of sp³-hybridized carbons (Fsp3) is 0.647. The smallest absolute Gasteiger partial charge is 0.253 e. The Hall–Kier alpha value is -1.62. The van der Waals surface area contributed by atoms with E-state index in [0.717, 1.165) is 50.8 Å². The predicted molar refractivity (Wildman–Crippen MR) is 88.2 cm³/mol. The number of hydrogen-bond donors (Lipinski definition) is 2. The number of anilines is 1. The summed E-state index contributed by atoms with van der Waals surface area (Å²) in [5, 5.41) is 6.40. The van der Waals surface area contributed by atoms with Gasteiger partial charge in [-0.2, -0.15) is 0 Å². The first kappa shape index (κ1) is 15.3. The van der Waals surface area contributed by atoms with E-state index in [2.05, 4.69) is 27.4 Å². The van der Waals surface area contributed by atoms with E-state index in [0.29, 0.717) is 5.56 Å². The Bertz CT molecular complexity index is 488. The molecule has 1 amide bonds. The minimum Gasteiger partial charge on any atom is -0.357 e. The molecule has 2 saturated heterocycles. The Kier molecular flexibility index (Phi) is 4.93. The fourth-order valence-electron chi connectivity index (χ4n) is 3.19. The monoisotopic (exact) mass is 302 g/mol. The molecule has 1 aromatic rings. The van der Waals surface area contributed by atoms with Crippen LogP contribution in [0.4, 0.5) is 5.82 Å². The van der Waals surface area contributed by atoms with Crippen molar-refractivity contribution < 1.29 is 4.79 Å². The van der Waals surface area contributed by atoms with Gasteiger partial charge in [0.05, 0.1) is 5.56 Å². The average molecular weight is 302 g/mol. The van der Waals surface area contributed by atoms with Crippen LogP contribution >= 0.6 is 0 Å². The Morgan fingerprint density at radius 2 is 2.14 bits per heavy atom. The number of nitrogens with zero attached hydrogens (tertiary/aromatic N) is 2. The summed E-state index contributed by atoms with van der Waals surface area (Å²) in [6.07, 6.45) is 6.32. The van der Waals surface area contributed by atoms with Gasteiger partial charge in [0.25, 0.3) is 5.91 Å². The van der Waals surface area contributed by atoms with Gasteiger partial charge in [0.2, 0.25) is 0 Å². The molecular weight excluding hydrogens is 276 g/mol. The summed E-state index contributed by atoms with van der Waals surface area (Å²) in [7, 11) is 0. The Balaban J connectivity index is 1.57. The van der Waals surface area contributed by atoms with Gasteiger partial charge in [-0.1, -0.05) is 6.92 Å². The SMILES string of the molecule is CC1CCN(c2ccc(C(=O)N[C@H]3CCCNC3)cn2)CC1. The molecule has 3 heterocycles. The van der Waals surface area contributed by atoms with Gasteiger partial charge in [-0.25, -0.2) is 4.98 Å². The molecule has 0 saturated carbocycles. The molecule has 2 fully saturated rings. The number of amides is 1. The van der Waals surface area contributed by atoms with Gasteiger partial charge in [0, 0.05) is 31.9 Å². The summed E-state index contributed by atoms with van der Waals surface area (Å²) < 4.78 is 0. The summed E-state index contributed by atoms with van der Waals surface area (Å²) in [6, 6.07) is 4.11. The Morgan fingerprint density at radius 1 is 1.32 bits per heavy atom. The third-order valence-electron chi connectivity index (χ3n) is 4.75. The highest BCUT2D eigenvalue weighted by Gasteiger charge is 2.19. The Morgan fingerprint density at radius 3 is 2.77 bits per heavy atom. The van der Waals surface area contributed by atoms with Gasteiger partial charge in [0.1, 0.15) is 5.82 Å². The van der Waals surface area contributed by atoms with Crippen molar-refractivity contribution in [3.8, 4) is 0 Å². The van der Waals surface area contributed by atoms with Crippen molar-refractivity contribution in [3.05, 3.63) is 23.9 Å². The third-order valence-corrected chi connectivity index (χ3v) is 4.75. The second-order valence-electron chi connectivity index (χ2n) is 6.59. The zero-order valence-electron chi connectivity index (χ0n) is 13.3. The summed E-state index contributed by atoms with van der Waals surface area (Å²) in [5.74, 6) is 1.79. The van der Waals surface area contributed by atoms with Crippen LogP contribution in [-0.4, -0.2) is 43.1 Å². The summed E-state index contributed by atoms with van der Waals surface area (Å²) in [4.78, 5) is 19.1. The number of aromatic nitrogens is 1. The van der Waals surface area contributed by atoms with Crippen LogP contribution in [0, 0.1) is 5.92 Å². The van der Waals surface area contributed by atoms with Crippen molar-refractivity contribution in [3.63, 3.8) is 0 Å². The molecule has 2 aliphatic rings. The molecule has 0 bridgehead atoms. The molecule has 2 N–H and O–H groups in total. The molecule has 22 heavy (non-hydrogen) atoms. The van der Waals surface area contributed by atoms with Crippen LogP contribution in [0.1, 0.15) is 43.0 Å². The maximum atomic E-state index is 12.3. The van der Waals surface area contributed by atoms with Crippen molar-refractivity contribution >= 4 is 11.7 Å². The lowest BCUT2D eigenvalue weighted by molar-refractivity contribution is 0.0930. The maximum Gasteiger partial charge on any atom is 0.253 e. The zero-order valence-corrected chi connectivity index (χ0v) is 13.3. The zero-order chi connectivity index (χ0) is 15.4. The second-order valence-corrected chi connectivity index (χ2v) is 6.59. The van der Waals surface area contributed by atoms with E-state index in [1.807, 2.05) is 12.1 Å². The van der Waals surface area contributed by atoms with Gasteiger partial charge in [0.15, 0.2) is 0 Å². The molecule has 5 nitrogen and oxygen atoms in total. The largest absolute Gasteiger partial charge is 0.357 e. The van der Waals surface area contributed by atoms with Crippen LogP contribution < -0.4 is 15.5 Å². The minimum atomic E-state index is -0.0139. The van der Waals surface area contributed by atoms with E-state index < -0.39 is 0 Å². The molecule has 0 radical (unpaired) electrons. The first-order valence-electron chi connectivity index (χ1n) is 8.45. The van der Waals surface area contributed by atoms with Crippen LogP contribution in [0.2, 0.25) is 0 Å². The quantitative estimate of drug-likeness (QED) is 0.894. The molecule has 120 valence electrons. The fourth-order valence-corrected chi connectivity index (χ4v) is 3.19. The van der Waals surface area contributed by atoms with Crippen molar-refractivity contribution in [2.24, 2.45) is 5.92 Å². The van der Waals surface area contributed by atoms with Gasteiger partial charge in [-0.15, -0.1) is 0 Å². The van der Waals surface area contributed by atoms with E-state index in [1.165, 1.54) is 12.8 Å². The molecule has 5 heteroatoms. The van der Waals surface area contributed by atoms with Gasteiger partial charge in [-0.05, 0) is 50.3 Å². The number of nitrogens with one attached hydrogen (secondary N) is 2. The van der Waals surface area contributed by atoms with Crippen molar-refractivity contribution in [1.29, 1.82) is 0 Å². The van der Waals surface area contributed by atoms with E-state index in [9.17, 15) is 4.79 Å².